The Morgan fingerprint density at radius 2 is 2.54 bits per heavy atom. The third-order valence-corrected chi connectivity index (χ3v) is 1.96. The largest absolute Gasteiger partial charge is 0.380 e. The lowest BCUT2D eigenvalue weighted by molar-refractivity contribution is 0.151. The first-order valence-corrected chi connectivity index (χ1v) is 4.82. The van der Waals surface area contributed by atoms with Gasteiger partial charge in [0.2, 0.25) is 0 Å². The van der Waals surface area contributed by atoms with Crippen molar-refractivity contribution in [1.29, 1.82) is 0 Å². The highest BCUT2D eigenvalue weighted by Crippen LogP contribution is 2.02. The van der Waals surface area contributed by atoms with Gasteiger partial charge in [-0.2, -0.15) is 0 Å². The Morgan fingerprint density at radius 1 is 1.69 bits per heavy atom. The van der Waals surface area contributed by atoms with E-state index in [0.29, 0.717) is 12.6 Å². The topological polar surface area (TPSA) is 30.5 Å². The maximum atomic E-state index is 5.35. The number of hydrogen-bond donors (Lipinski definition) is 1. The number of rotatable bonds is 6. The Hall–Kier alpha value is -0.380. The fourth-order valence-electron chi connectivity index (χ4n) is 1.28. The van der Waals surface area contributed by atoms with Crippen LogP contribution in [0.1, 0.15) is 13.3 Å². The molecule has 1 atom stereocenters. The molecule has 1 aliphatic heterocycles. The van der Waals surface area contributed by atoms with E-state index in [9.17, 15) is 0 Å². The van der Waals surface area contributed by atoms with Crippen LogP contribution in [0.25, 0.3) is 0 Å². The van der Waals surface area contributed by atoms with E-state index in [1.165, 1.54) is 0 Å². The van der Waals surface area contributed by atoms with Crippen LogP contribution in [0.15, 0.2) is 12.2 Å². The van der Waals surface area contributed by atoms with Crippen LogP contribution < -0.4 is 5.32 Å². The summed E-state index contributed by atoms with van der Waals surface area (Å²) in [6.45, 7) is 9.80. The molecule has 0 amide bonds. The highest BCUT2D eigenvalue weighted by atomic mass is 16.5. The second-order valence-corrected chi connectivity index (χ2v) is 3.52. The fraction of sp³-hybridized carbons (Fsp3) is 0.800. The van der Waals surface area contributed by atoms with Crippen LogP contribution in [0.3, 0.4) is 0 Å². The molecular formula is C10H19NO2. The maximum absolute atomic E-state index is 5.35. The molecule has 1 fully saturated rings. The molecule has 1 rings (SSSR count). The maximum Gasteiger partial charge on any atom is 0.0672 e. The van der Waals surface area contributed by atoms with Gasteiger partial charge >= 0.3 is 0 Å². The van der Waals surface area contributed by atoms with Crippen molar-refractivity contribution in [2.45, 2.75) is 19.4 Å². The molecule has 76 valence electrons. The van der Waals surface area contributed by atoms with E-state index in [0.717, 1.165) is 38.4 Å². The van der Waals surface area contributed by atoms with Gasteiger partial charge in [-0.1, -0.05) is 12.2 Å². The highest BCUT2D eigenvalue weighted by Gasteiger charge is 2.13. The van der Waals surface area contributed by atoms with E-state index in [1.54, 1.807) is 0 Å². The van der Waals surface area contributed by atoms with Gasteiger partial charge in [0.1, 0.15) is 0 Å². The molecule has 3 nitrogen and oxygen atoms in total. The smallest absolute Gasteiger partial charge is 0.0672 e. The van der Waals surface area contributed by atoms with Gasteiger partial charge in [-0.25, -0.2) is 0 Å². The minimum atomic E-state index is 0.536. The van der Waals surface area contributed by atoms with Gasteiger partial charge in [0, 0.05) is 19.2 Å². The molecule has 1 unspecified atom stereocenters. The van der Waals surface area contributed by atoms with E-state index < -0.39 is 0 Å². The molecule has 13 heavy (non-hydrogen) atoms. The lowest BCUT2D eigenvalue weighted by atomic mass is 10.3. The monoisotopic (exact) mass is 185 g/mol. The van der Waals surface area contributed by atoms with Crippen molar-refractivity contribution in [2.75, 3.05) is 33.0 Å². The first-order valence-electron chi connectivity index (χ1n) is 4.82. The Kier molecular flexibility index (Phi) is 5.05. The summed E-state index contributed by atoms with van der Waals surface area (Å²) in [5.74, 6) is 0. The van der Waals surface area contributed by atoms with Gasteiger partial charge in [0.25, 0.3) is 0 Å². The van der Waals surface area contributed by atoms with E-state index in [1.807, 2.05) is 6.92 Å². The molecular weight excluding hydrogens is 166 g/mol. The second kappa shape index (κ2) is 6.13. The zero-order valence-electron chi connectivity index (χ0n) is 8.34. The summed E-state index contributed by atoms with van der Waals surface area (Å²) in [6, 6.07) is 0.536. The average Bonchev–Trinajstić information content (AvgIpc) is 2.55. The predicted molar refractivity (Wildman–Crippen MR) is 52.9 cm³/mol. The molecule has 1 saturated heterocycles. The SMILES string of the molecule is C=C(C)COCCNC1CCOC1. The molecule has 0 saturated carbocycles. The van der Waals surface area contributed by atoms with E-state index in [-0.39, 0.29) is 0 Å². The summed E-state index contributed by atoms with van der Waals surface area (Å²) in [7, 11) is 0. The Morgan fingerprint density at radius 3 is 3.15 bits per heavy atom. The number of hydrogen-bond acceptors (Lipinski definition) is 3. The minimum absolute atomic E-state index is 0.536. The second-order valence-electron chi connectivity index (χ2n) is 3.52. The van der Waals surface area contributed by atoms with Crippen LogP contribution in [-0.4, -0.2) is 39.0 Å². The van der Waals surface area contributed by atoms with E-state index in [2.05, 4.69) is 11.9 Å². The molecule has 1 N–H and O–H groups in total. The predicted octanol–water partition coefficient (Wildman–Crippen LogP) is 0.958. The van der Waals surface area contributed by atoms with Crippen LogP contribution in [-0.2, 0) is 9.47 Å². The quantitative estimate of drug-likeness (QED) is 0.494. The summed E-state index contributed by atoms with van der Waals surface area (Å²) in [5, 5.41) is 3.38. The van der Waals surface area contributed by atoms with Crippen LogP contribution in [0.2, 0.25) is 0 Å². The molecule has 3 heteroatoms. The molecule has 0 aromatic heterocycles. The minimum Gasteiger partial charge on any atom is -0.380 e. The van der Waals surface area contributed by atoms with Crippen LogP contribution in [0.4, 0.5) is 0 Å². The molecule has 0 aromatic rings. The summed E-state index contributed by atoms with van der Waals surface area (Å²) < 4.78 is 10.6. The van der Waals surface area contributed by atoms with Gasteiger partial charge in [-0.15, -0.1) is 0 Å². The molecule has 0 bridgehead atoms. The fourth-order valence-corrected chi connectivity index (χ4v) is 1.28. The number of nitrogens with one attached hydrogen (secondary N) is 1. The first kappa shape index (κ1) is 10.7. The van der Waals surface area contributed by atoms with Gasteiger partial charge in [0.15, 0.2) is 0 Å². The summed E-state index contributed by atoms with van der Waals surface area (Å²) in [6.07, 6.45) is 1.13. The molecule has 0 spiro atoms. The van der Waals surface area contributed by atoms with E-state index in [4.69, 9.17) is 9.47 Å². The first-order chi connectivity index (χ1) is 6.29. The van der Waals surface area contributed by atoms with Gasteiger partial charge in [-0.3, -0.25) is 0 Å². The van der Waals surface area contributed by atoms with Crippen LogP contribution >= 0.6 is 0 Å². The van der Waals surface area contributed by atoms with Crippen molar-refractivity contribution < 1.29 is 9.47 Å². The zero-order chi connectivity index (χ0) is 9.52. The van der Waals surface area contributed by atoms with Crippen LogP contribution in [0.5, 0.6) is 0 Å². The number of ether oxygens (including phenoxy) is 2. The average molecular weight is 185 g/mol. The van der Waals surface area contributed by atoms with E-state index >= 15 is 0 Å². The van der Waals surface area contributed by atoms with Gasteiger partial charge in [0.05, 0.1) is 19.8 Å². The molecule has 0 radical (unpaired) electrons. The zero-order valence-corrected chi connectivity index (χ0v) is 8.34. The van der Waals surface area contributed by atoms with Crippen molar-refractivity contribution >= 4 is 0 Å². The lowest BCUT2D eigenvalue weighted by Crippen LogP contribution is -2.32. The van der Waals surface area contributed by atoms with Crippen molar-refractivity contribution in [3.63, 3.8) is 0 Å². The summed E-state index contributed by atoms with van der Waals surface area (Å²) >= 11 is 0. The van der Waals surface area contributed by atoms with Gasteiger partial charge < -0.3 is 14.8 Å². The highest BCUT2D eigenvalue weighted by molar-refractivity contribution is 4.87. The third-order valence-electron chi connectivity index (χ3n) is 1.96. The summed E-state index contributed by atoms with van der Waals surface area (Å²) in [5.41, 5.74) is 1.07. The normalized spacial score (nSPS) is 22.1. The Bertz CT molecular complexity index is 153. The Labute approximate surface area is 80.1 Å². The van der Waals surface area contributed by atoms with Gasteiger partial charge in [-0.05, 0) is 13.3 Å². The lowest BCUT2D eigenvalue weighted by Gasteiger charge is -2.10. The molecule has 1 aliphatic rings. The van der Waals surface area contributed by atoms with Crippen molar-refractivity contribution in [2.24, 2.45) is 0 Å². The molecule has 0 aliphatic carbocycles. The third kappa shape index (κ3) is 5.03. The van der Waals surface area contributed by atoms with Crippen molar-refractivity contribution in [3.8, 4) is 0 Å². The molecule has 0 aromatic carbocycles. The van der Waals surface area contributed by atoms with Crippen LogP contribution in [0, 0.1) is 0 Å². The molecule has 1 heterocycles. The van der Waals surface area contributed by atoms with Crippen molar-refractivity contribution in [1.82, 2.24) is 5.32 Å². The summed E-state index contributed by atoms with van der Waals surface area (Å²) in [4.78, 5) is 0. The standard InChI is InChI=1S/C10H19NO2/c1-9(2)7-13-6-4-11-10-3-5-12-8-10/h10-11H,1,3-8H2,2H3. The van der Waals surface area contributed by atoms with Crippen molar-refractivity contribution in [3.05, 3.63) is 12.2 Å². The Balaban J connectivity index is 1.86.